The minimum atomic E-state index is -0.565. The Morgan fingerprint density at radius 1 is 1.10 bits per heavy atom. The molecule has 2 aromatic carbocycles. The molecule has 3 heteroatoms. The van der Waals surface area contributed by atoms with Gasteiger partial charge in [-0.15, -0.1) is 0 Å². The summed E-state index contributed by atoms with van der Waals surface area (Å²) < 4.78 is 5.10. The Balaban J connectivity index is 1.85. The maximum Gasteiger partial charge on any atom is 0.319 e. The van der Waals surface area contributed by atoms with Gasteiger partial charge in [-0.3, -0.25) is 4.79 Å². The summed E-state index contributed by atoms with van der Waals surface area (Å²) in [5.41, 5.74) is 2.82. The third kappa shape index (κ3) is 1.22. The van der Waals surface area contributed by atoms with Crippen LogP contribution in [-0.2, 0) is 14.9 Å². The molecule has 0 radical (unpaired) electrons. The van der Waals surface area contributed by atoms with Crippen molar-refractivity contribution in [2.24, 2.45) is 0 Å². The zero-order valence-electron chi connectivity index (χ0n) is 11.2. The number of anilines is 1. The molecule has 0 bridgehead atoms. The van der Waals surface area contributed by atoms with Crippen LogP contribution in [0.25, 0.3) is 0 Å². The van der Waals surface area contributed by atoms with Crippen LogP contribution in [0.3, 0.4) is 0 Å². The van der Waals surface area contributed by atoms with Gasteiger partial charge in [0.25, 0.3) is 0 Å². The van der Waals surface area contributed by atoms with Crippen LogP contribution in [0, 0.1) is 0 Å². The second-order valence-electron chi connectivity index (χ2n) is 5.41. The SMILES string of the molecule is COC(=O)[C@@]1(c2ccccc2)[C@@H]2c3ccccc3N[C@@H]21. The number of nitrogens with one attached hydrogen (secondary N) is 1. The fourth-order valence-corrected chi connectivity index (χ4v) is 3.69. The summed E-state index contributed by atoms with van der Waals surface area (Å²) in [5.74, 6) is 0.0225. The van der Waals surface area contributed by atoms with Gasteiger partial charge in [0.2, 0.25) is 0 Å². The molecule has 1 saturated carbocycles. The average molecular weight is 265 g/mol. The van der Waals surface area contributed by atoms with Crippen molar-refractivity contribution in [2.75, 3.05) is 12.4 Å². The van der Waals surface area contributed by atoms with Gasteiger partial charge in [0, 0.05) is 11.6 Å². The van der Waals surface area contributed by atoms with Crippen molar-refractivity contribution < 1.29 is 9.53 Å². The third-order valence-corrected chi connectivity index (χ3v) is 4.59. The minimum Gasteiger partial charge on any atom is -0.468 e. The molecule has 1 aliphatic carbocycles. The van der Waals surface area contributed by atoms with E-state index in [-0.39, 0.29) is 17.9 Å². The molecule has 3 atom stereocenters. The predicted octanol–water partition coefficient (Wildman–Crippen LogP) is 2.69. The molecule has 1 heterocycles. The van der Waals surface area contributed by atoms with Gasteiger partial charge in [0.15, 0.2) is 0 Å². The van der Waals surface area contributed by atoms with E-state index in [0.717, 1.165) is 11.3 Å². The topological polar surface area (TPSA) is 38.3 Å². The highest BCUT2D eigenvalue weighted by Crippen LogP contribution is 2.66. The molecule has 0 saturated heterocycles. The summed E-state index contributed by atoms with van der Waals surface area (Å²) in [5, 5.41) is 3.48. The second-order valence-corrected chi connectivity index (χ2v) is 5.41. The molecule has 2 aromatic rings. The van der Waals surface area contributed by atoms with Crippen molar-refractivity contribution in [1.29, 1.82) is 0 Å². The lowest BCUT2D eigenvalue weighted by Crippen LogP contribution is -2.30. The maximum absolute atomic E-state index is 12.5. The van der Waals surface area contributed by atoms with Crippen LogP contribution in [0.1, 0.15) is 17.0 Å². The molecule has 0 unspecified atom stereocenters. The van der Waals surface area contributed by atoms with Crippen LogP contribution in [0.5, 0.6) is 0 Å². The summed E-state index contributed by atoms with van der Waals surface area (Å²) in [6.07, 6.45) is 0. The van der Waals surface area contributed by atoms with Gasteiger partial charge in [0.05, 0.1) is 13.2 Å². The predicted molar refractivity (Wildman–Crippen MR) is 76.7 cm³/mol. The molecular weight excluding hydrogens is 250 g/mol. The summed E-state index contributed by atoms with van der Waals surface area (Å²) >= 11 is 0. The lowest BCUT2D eigenvalue weighted by Gasteiger charge is -2.20. The number of ether oxygens (including phenoxy) is 1. The van der Waals surface area contributed by atoms with Crippen molar-refractivity contribution in [1.82, 2.24) is 0 Å². The highest BCUT2D eigenvalue weighted by Gasteiger charge is 2.74. The van der Waals surface area contributed by atoms with E-state index in [4.69, 9.17) is 4.74 Å². The average Bonchev–Trinajstić information content (AvgIpc) is 3.01. The molecule has 0 spiro atoms. The van der Waals surface area contributed by atoms with Gasteiger partial charge in [-0.1, -0.05) is 48.5 Å². The highest BCUT2D eigenvalue weighted by molar-refractivity contribution is 5.95. The molecule has 100 valence electrons. The standard InChI is InChI=1S/C17H15NO2/c1-20-16(19)17(11-7-3-2-4-8-11)14-12-9-5-6-10-13(12)18-15(14)17/h2-10,14-15,18H,1H3/t14-,15+,17+/m1/s1. The number of methoxy groups -OCH3 is 1. The van der Waals surface area contributed by atoms with E-state index in [0.29, 0.717) is 0 Å². The molecule has 1 aliphatic heterocycles. The summed E-state index contributed by atoms with van der Waals surface area (Å²) in [6, 6.07) is 18.2. The Hall–Kier alpha value is -2.29. The molecule has 4 rings (SSSR count). The van der Waals surface area contributed by atoms with Crippen LogP contribution in [-0.4, -0.2) is 19.1 Å². The Morgan fingerprint density at radius 2 is 1.80 bits per heavy atom. The first-order valence-corrected chi connectivity index (χ1v) is 6.79. The molecule has 2 aliphatic rings. The molecule has 3 nitrogen and oxygen atoms in total. The van der Waals surface area contributed by atoms with Crippen molar-refractivity contribution in [3.05, 3.63) is 65.7 Å². The number of para-hydroxylation sites is 1. The largest absolute Gasteiger partial charge is 0.468 e. The van der Waals surface area contributed by atoms with Crippen molar-refractivity contribution in [3.63, 3.8) is 0 Å². The third-order valence-electron chi connectivity index (χ3n) is 4.59. The molecular formula is C17H15NO2. The Labute approximate surface area is 117 Å². The number of carbonyl (C=O) groups is 1. The zero-order chi connectivity index (χ0) is 13.7. The van der Waals surface area contributed by atoms with Crippen LogP contribution < -0.4 is 5.32 Å². The molecule has 1 N–H and O–H groups in total. The lowest BCUT2D eigenvalue weighted by atomic mass is 9.89. The minimum absolute atomic E-state index is 0.106. The Bertz CT molecular complexity index is 682. The van der Waals surface area contributed by atoms with Gasteiger partial charge < -0.3 is 10.1 Å². The van der Waals surface area contributed by atoms with Crippen LogP contribution >= 0.6 is 0 Å². The van der Waals surface area contributed by atoms with E-state index in [1.165, 1.54) is 12.7 Å². The van der Waals surface area contributed by atoms with Crippen LogP contribution in [0.15, 0.2) is 54.6 Å². The quantitative estimate of drug-likeness (QED) is 0.848. The van der Waals surface area contributed by atoms with E-state index in [2.05, 4.69) is 17.4 Å². The summed E-state index contributed by atoms with van der Waals surface area (Å²) in [4.78, 5) is 12.5. The number of fused-ring (bicyclic) bond motifs is 3. The van der Waals surface area contributed by atoms with E-state index in [9.17, 15) is 4.79 Å². The monoisotopic (exact) mass is 265 g/mol. The number of esters is 1. The molecule has 0 aromatic heterocycles. The lowest BCUT2D eigenvalue weighted by molar-refractivity contribution is -0.144. The van der Waals surface area contributed by atoms with E-state index < -0.39 is 5.41 Å². The van der Waals surface area contributed by atoms with Gasteiger partial charge in [-0.25, -0.2) is 0 Å². The zero-order valence-corrected chi connectivity index (χ0v) is 11.2. The summed E-state index contributed by atoms with van der Waals surface area (Å²) in [6.45, 7) is 0. The smallest absolute Gasteiger partial charge is 0.319 e. The van der Waals surface area contributed by atoms with Gasteiger partial charge in [0.1, 0.15) is 5.41 Å². The van der Waals surface area contributed by atoms with Gasteiger partial charge in [-0.05, 0) is 17.2 Å². The number of benzene rings is 2. The van der Waals surface area contributed by atoms with E-state index >= 15 is 0 Å². The number of hydrogen-bond donors (Lipinski definition) is 1. The first-order chi connectivity index (χ1) is 9.80. The van der Waals surface area contributed by atoms with Crippen molar-refractivity contribution in [3.8, 4) is 0 Å². The molecule has 0 amide bonds. The highest BCUT2D eigenvalue weighted by atomic mass is 16.5. The number of carbonyl (C=O) groups excluding carboxylic acids is 1. The van der Waals surface area contributed by atoms with Gasteiger partial charge in [-0.2, -0.15) is 0 Å². The van der Waals surface area contributed by atoms with Crippen molar-refractivity contribution in [2.45, 2.75) is 17.4 Å². The first-order valence-electron chi connectivity index (χ1n) is 6.79. The van der Waals surface area contributed by atoms with Crippen LogP contribution in [0.2, 0.25) is 0 Å². The summed E-state index contributed by atoms with van der Waals surface area (Å²) in [7, 11) is 1.47. The fraction of sp³-hybridized carbons (Fsp3) is 0.235. The van der Waals surface area contributed by atoms with E-state index in [1.54, 1.807) is 0 Å². The first kappa shape index (κ1) is 11.5. The molecule has 20 heavy (non-hydrogen) atoms. The Morgan fingerprint density at radius 3 is 2.55 bits per heavy atom. The van der Waals surface area contributed by atoms with Crippen LogP contribution in [0.4, 0.5) is 5.69 Å². The fourth-order valence-electron chi connectivity index (χ4n) is 3.69. The number of hydrogen-bond acceptors (Lipinski definition) is 3. The second kappa shape index (κ2) is 3.85. The van der Waals surface area contributed by atoms with Crippen molar-refractivity contribution >= 4 is 11.7 Å². The molecule has 1 fully saturated rings. The Kier molecular flexibility index (Phi) is 2.22. The van der Waals surface area contributed by atoms with Gasteiger partial charge >= 0.3 is 5.97 Å². The normalized spacial score (nSPS) is 29.1. The maximum atomic E-state index is 12.5. The van der Waals surface area contributed by atoms with E-state index in [1.807, 2.05) is 42.5 Å². The number of rotatable bonds is 2.